The van der Waals surface area contributed by atoms with Gasteiger partial charge in [0, 0.05) is 7.05 Å². The molecule has 8 nitrogen and oxygen atoms in total. The van der Waals surface area contributed by atoms with E-state index < -0.39 is 22.0 Å². The van der Waals surface area contributed by atoms with Gasteiger partial charge in [0.2, 0.25) is 0 Å². The average Bonchev–Trinajstić information content (AvgIpc) is 2.70. The van der Waals surface area contributed by atoms with Crippen LogP contribution in [-0.2, 0) is 30.9 Å². The first-order valence-corrected chi connectivity index (χ1v) is 9.21. The van der Waals surface area contributed by atoms with Gasteiger partial charge in [-0.3, -0.25) is 4.84 Å². The van der Waals surface area contributed by atoms with Crippen molar-refractivity contribution >= 4 is 22.0 Å². The molecule has 9 heteroatoms. The average molecular weight is 393 g/mol. The number of nitrogens with zero attached hydrogens (tertiary/aromatic N) is 1. The summed E-state index contributed by atoms with van der Waals surface area (Å²) in [4.78, 5) is 28.4. The molecule has 2 rings (SSSR count). The van der Waals surface area contributed by atoms with Gasteiger partial charge in [-0.05, 0) is 35.9 Å². The van der Waals surface area contributed by atoms with E-state index in [0.717, 1.165) is 0 Å². The molecule has 0 heterocycles. The lowest BCUT2D eigenvalue weighted by Gasteiger charge is -2.14. The topological polar surface area (TPSA) is 99.2 Å². The third-order valence-electron chi connectivity index (χ3n) is 3.68. The standard InChI is InChI=1S/C18H19NO7S/c1-19(25-3)27(22,23)16-9-5-8-15(11-16)18(21)26-12-13-6-4-7-14(10-13)17(20)24-2/h4-11H,12H2,1-3H3. The van der Waals surface area contributed by atoms with Crippen LogP contribution in [0, 0.1) is 0 Å². The van der Waals surface area contributed by atoms with E-state index in [-0.39, 0.29) is 17.1 Å². The Labute approximate surface area is 157 Å². The molecule has 0 atom stereocenters. The first kappa shape index (κ1) is 20.6. The summed E-state index contributed by atoms with van der Waals surface area (Å²) in [5.41, 5.74) is 1.00. The number of carbonyl (C=O) groups excluding carboxylic acids is 2. The zero-order valence-corrected chi connectivity index (χ0v) is 15.9. The number of hydrogen-bond acceptors (Lipinski definition) is 7. The highest BCUT2D eigenvalue weighted by Gasteiger charge is 2.22. The van der Waals surface area contributed by atoms with Crippen LogP contribution in [-0.4, -0.2) is 46.1 Å². The van der Waals surface area contributed by atoms with Gasteiger partial charge >= 0.3 is 11.9 Å². The second-order valence-electron chi connectivity index (χ2n) is 5.39. The summed E-state index contributed by atoms with van der Waals surface area (Å²) in [5.74, 6) is -1.20. The minimum Gasteiger partial charge on any atom is -0.465 e. The minimum absolute atomic E-state index is 0.0738. The van der Waals surface area contributed by atoms with Crippen LogP contribution < -0.4 is 0 Å². The van der Waals surface area contributed by atoms with Crippen molar-refractivity contribution in [2.45, 2.75) is 11.5 Å². The maximum Gasteiger partial charge on any atom is 0.338 e. The van der Waals surface area contributed by atoms with Crippen molar-refractivity contribution in [1.82, 2.24) is 4.47 Å². The number of ether oxygens (including phenoxy) is 2. The third kappa shape index (κ3) is 4.91. The summed E-state index contributed by atoms with van der Waals surface area (Å²) < 4.78 is 35.0. The Kier molecular flexibility index (Phi) is 6.67. The van der Waals surface area contributed by atoms with Crippen molar-refractivity contribution in [2.24, 2.45) is 0 Å². The quantitative estimate of drug-likeness (QED) is 0.524. The van der Waals surface area contributed by atoms with Crippen LogP contribution in [0.15, 0.2) is 53.4 Å². The Morgan fingerprint density at radius 1 is 0.963 bits per heavy atom. The molecule has 0 bridgehead atoms. The molecule has 0 amide bonds. The Morgan fingerprint density at radius 3 is 2.22 bits per heavy atom. The van der Waals surface area contributed by atoms with Gasteiger partial charge in [0.15, 0.2) is 0 Å². The molecule has 0 radical (unpaired) electrons. The Morgan fingerprint density at radius 2 is 1.59 bits per heavy atom. The van der Waals surface area contributed by atoms with Crippen LogP contribution in [0.1, 0.15) is 26.3 Å². The van der Waals surface area contributed by atoms with Gasteiger partial charge in [-0.25, -0.2) is 18.0 Å². The number of hydrogen-bond donors (Lipinski definition) is 0. The molecule has 27 heavy (non-hydrogen) atoms. The van der Waals surface area contributed by atoms with E-state index in [0.29, 0.717) is 15.6 Å². The summed E-state index contributed by atoms with van der Waals surface area (Å²) in [6, 6.07) is 11.9. The van der Waals surface area contributed by atoms with E-state index in [1.165, 1.54) is 45.5 Å². The van der Waals surface area contributed by atoms with E-state index in [1.807, 2.05) is 0 Å². The fraction of sp³-hybridized carbons (Fsp3) is 0.222. The van der Waals surface area contributed by atoms with E-state index in [4.69, 9.17) is 9.57 Å². The molecule has 0 aliphatic rings. The fourth-order valence-electron chi connectivity index (χ4n) is 2.17. The Bertz CT molecular complexity index is 940. The van der Waals surface area contributed by atoms with Crippen LogP contribution in [0.3, 0.4) is 0 Å². The lowest BCUT2D eigenvalue weighted by Crippen LogP contribution is -2.25. The lowest BCUT2D eigenvalue weighted by atomic mass is 10.1. The third-order valence-corrected chi connectivity index (χ3v) is 5.36. The van der Waals surface area contributed by atoms with Crippen LogP contribution >= 0.6 is 0 Å². The first-order chi connectivity index (χ1) is 12.8. The van der Waals surface area contributed by atoms with Gasteiger partial charge < -0.3 is 9.47 Å². The van der Waals surface area contributed by atoms with Crippen molar-refractivity contribution in [3.05, 3.63) is 65.2 Å². The van der Waals surface area contributed by atoms with E-state index in [2.05, 4.69) is 4.74 Å². The fourth-order valence-corrected chi connectivity index (χ4v) is 3.19. The Hall–Kier alpha value is -2.75. The van der Waals surface area contributed by atoms with Crippen molar-refractivity contribution in [1.29, 1.82) is 0 Å². The molecule has 0 aliphatic carbocycles. The number of methoxy groups -OCH3 is 1. The molecular weight excluding hydrogens is 374 g/mol. The summed E-state index contributed by atoms with van der Waals surface area (Å²) in [6.45, 7) is -0.0847. The largest absolute Gasteiger partial charge is 0.465 e. The molecule has 2 aromatic rings. The molecule has 0 aromatic heterocycles. The summed E-state index contributed by atoms with van der Waals surface area (Å²) in [5, 5.41) is 0. The second-order valence-corrected chi connectivity index (χ2v) is 7.33. The molecule has 0 saturated carbocycles. The predicted molar refractivity (Wildman–Crippen MR) is 95.3 cm³/mol. The molecular formula is C18H19NO7S. The minimum atomic E-state index is -3.88. The number of esters is 2. The van der Waals surface area contributed by atoms with Gasteiger partial charge in [0.25, 0.3) is 10.0 Å². The van der Waals surface area contributed by atoms with Gasteiger partial charge in [0.05, 0.1) is 30.2 Å². The predicted octanol–water partition coefficient (Wildman–Crippen LogP) is 2.01. The lowest BCUT2D eigenvalue weighted by molar-refractivity contribution is -0.0258. The van der Waals surface area contributed by atoms with Crippen LogP contribution in [0.2, 0.25) is 0 Å². The highest BCUT2D eigenvalue weighted by Crippen LogP contribution is 2.17. The van der Waals surface area contributed by atoms with Gasteiger partial charge in [-0.15, -0.1) is 0 Å². The van der Waals surface area contributed by atoms with Gasteiger partial charge in [0.1, 0.15) is 6.61 Å². The SMILES string of the molecule is COC(=O)c1cccc(COC(=O)c2cccc(S(=O)(=O)N(C)OC)c2)c1. The van der Waals surface area contributed by atoms with Crippen molar-refractivity contribution in [3.63, 3.8) is 0 Å². The molecule has 0 aliphatic heterocycles. The number of hydroxylamine groups is 1. The van der Waals surface area contributed by atoms with Crippen molar-refractivity contribution < 1.29 is 32.3 Å². The van der Waals surface area contributed by atoms with Crippen molar-refractivity contribution in [3.8, 4) is 0 Å². The van der Waals surface area contributed by atoms with Crippen LogP contribution in [0.25, 0.3) is 0 Å². The number of rotatable bonds is 7. The van der Waals surface area contributed by atoms with E-state index in [1.54, 1.807) is 24.3 Å². The van der Waals surface area contributed by atoms with E-state index >= 15 is 0 Å². The highest BCUT2D eigenvalue weighted by molar-refractivity contribution is 7.89. The highest BCUT2D eigenvalue weighted by atomic mass is 32.2. The number of sulfonamides is 1. The smallest absolute Gasteiger partial charge is 0.338 e. The molecule has 0 fully saturated rings. The Balaban J connectivity index is 2.13. The molecule has 2 aromatic carbocycles. The van der Waals surface area contributed by atoms with E-state index in [9.17, 15) is 18.0 Å². The summed E-state index contributed by atoms with van der Waals surface area (Å²) >= 11 is 0. The second kappa shape index (κ2) is 8.76. The normalized spacial score (nSPS) is 11.3. The van der Waals surface area contributed by atoms with Gasteiger partial charge in [-0.1, -0.05) is 22.7 Å². The summed E-state index contributed by atoms with van der Waals surface area (Å²) in [7, 11) is -0.138. The monoisotopic (exact) mass is 393 g/mol. The number of carbonyl (C=O) groups is 2. The first-order valence-electron chi connectivity index (χ1n) is 7.77. The number of benzene rings is 2. The summed E-state index contributed by atoms with van der Waals surface area (Å²) in [6.07, 6.45) is 0. The maximum atomic E-state index is 12.3. The van der Waals surface area contributed by atoms with Crippen LogP contribution in [0.4, 0.5) is 0 Å². The molecule has 144 valence electrons. The zero-order valence-electron chi connectivity index (χ0n) is 15.0. The van der Waals surface area contributed by atoms with Gasteiger partial charge in [-0.2, -0.15) is 0 Å². The zero-order chi connectivity index (χ0) is 20.0. The molecule has 0 N–H and O–H groups in total. The molecule has 0 spiro atoms. The van der Waals surface area contributed by atoms with Crippen LogP contribution in [0.5, 0.6) is 0 Å². The maximum absolute atomic E-state index is 12.3. The molecule has 0 saturated heterocycles. The molecule has 0 unspecified atom stereocenters. The van der Waals surface area contributed by atoms with Crippen molar-refractivity contribution in [2.75, 3.05) is 21.3 Å².